The molecule has 0 atom stereocenters. The lowest BCUT2D eigenvalue weighted by Gasteiger charge is -2.12. The van der Waals surface area contributed by atoms with E-state index in [0.29, 0.717) is 16.7 Å². The van der Waals surface area contributed by atoms with Crippen LogP contribution in [0.4, 0.5) is 5.95 Å². The van der Waals surface area contributed by atoms with Crippen LogP contribution in [0.25, 0.3) is 11.3 Å². The first-order valence-electron chi connectivity index (χ1n) is 8.61. The molecule has 0 aliphatic carbocycles. The number of ether oxygens (including phenoxy) is 1. The first-order chi connectivity index (χ1) is 13.4. The molecule has 2 aromatic carbocycles. The number of hydrogen-bond donors (Lipinski definition) is 1. The Hall–Kier alpha value is -2.57. The Balaban J connectivity index is 1.87. The second-order valence-electron chi connectivity index (χ2n) is 6.40. The van der Waals surface area contributed by atoms with Crippen molar-refractivity contribution in [3.63, 3.8) is 0 Å². The van der Waals surface area contributed by atoms with E-state index in [-0.39, 0.29) is 5.97 Å². The average Bonchev–Trinajstić information content (AvgIpc) is 2.65. The van der Waals surface area contributed by atoms with Crippen LogP contribution in [0.3, 0.4) is 0 Å². The number of halogens is 1. The SMILES string of the molecule is COC(=O)c1cc(C)cc(SNc2nc(Cl)cc(-c3c(C)cccc3C)n2)c1. The molecule has 0 saturated carbocycles. The minimum absolute atomic E-state index is 0.357. The highest BCUT2D eigenvalue weighted by atomic mass is 35.5. The quantitative estimate of drug-likeness (QED) is 0.332. The molecule has 144 valence electrons. The fourth-order valence-corrected chi connectivity index (χ4v) is 3.87. The number of nitrogens with one attached hydrogen (secondary N) is 1. The number of carbonyl (C=O) groups excluding carboxylic acids is 1. The number of benzene rings is 2. The van der Waals surface area contributed by atoms with Gasteiger partial charge in [0.15, 0.2) is 0 Å². The lowest BCUT2D eigenvalue weighted by molar-refractivity contribution is 0.0600. The molecule has 5 nitrogen and oxygen atoms in total. The first-order valence-corrected chi connectivity index (χ1v) is 9.81. The van der Waals surface area contributed by atoms with Crippen molar-refractivity contribution in [3.8, 4) is 11.3 Å². The van der Waals surface area contributed by atoms with Crippen molar-refractivity contribution in [1.29, 1.82) is 0 Å². The normalized spacial score (nSPS) is 10.6. The van der Waals surface area contributed by atoms with E-state index in [1.165, 1.54) is 19.1 Å². The van der Waals surface area contributed by atoms with Crippen molar-refractivity contribution in [3.05, 3.63) is 69.9 Å². The van der Waals surface area contributed by atoms with Gasteiger partial charge in [-0.2, -0.15) is 0 Å². The van der Waals surface area contributed by atoms with Crippen LogP contribution in [0.1, 0.15) is 27.0 Å². The van der Waals surface area contributed by atoms with Gasteiger partial charge in [-0.25, -0.2) is 14.8 Å². The van der Waals surface area contributed by atoms with Crippen LogP contribution in [0, 0.1) is 20.8 Å². The number of esters is 1. The summed E-state index contributed by atoms with van der Waals surface area (Å²) >= 11 is 7.54. The molecule has 0 fully saturated rings. The topological polar surface area (TPSA) is 64.1 Å². The Labute approximate surface area is 173 Å². The molecule has 0 saturated heterocycles. The minimum atomic E-state index is -0.373. The zero-order valence-corrected chi connectivity index (χ0v) is 17.6. The number of rotatable bonds is 5. The van der Waals surface area contributed by atoms with Gasteiger partial charge >= 0.3 is 5.97 Å². The molecule has 3 rings (SSSR count). The monoisotopic (exact) mass is 413 g/mol. The predicted octanol–water partition coefficient (Wildman–Crippen LogP) is 5.63. The lowest BCUT2D eigenvalue weighted by atomic mass is 10.00. The first kappa shape index (κ1) is 20.2. The Bertz CT molecular complexity index is 1020. The number of aryl methyl sites for hydroxylation is 3. The molecule has 0 radical (unpaired) electrons. The van der Waals surface area contributed by atoms with Gasteiger partial charge in [0.2, 0.25) is 5.95 Å². The summed E-state index contributed by atoms with van der Waals surface area (Å²) in [7, 11) is 1.37. The third kappa shape index (κ3) is 4.64. The molecular formula is C21H20ClN3O2S. The van der Waals surface area contributed by atoms with Crippen molar-refractivity contribution in [2.45, 2.75) is 25.7 Å². The zero-order chi connectivity index (χ0) is 20.3. The molecule has 0 spiro atoms. The summed E-state index contributed by atoms with van der Waals surface area (Å²) in [5.41, 5.74) is 5.50. The van der Waals surface area contributed by atoms with Gasteiger partial charge in [0, 0.05) is 16.5 Å². The molecule has 1 heterocycles. The molecular weight excluding hydrogens is 394 g/mol. The summed E-state index contributed by atoms with van der Waals surface area (Å²) in [6, 6.07) is 13.4. The third-order valence-corrected chi connectivity index (χ3v) is 5.11. The number of anilines is 1. The fourth-order valence-electron chi connectivity index (χ4n) is 2.96. The molecule has 3 aromatic rings. The predicted molar refractivity (Wildman–Crippen MR) is 114 cm³/mol. The maximum Gasteiger partial charge on any atom is 0.337 e. The average molecular weight is 414 g/mol. The standard InChI is InChI=1S/C21H20ClN3O2S/c1-12-8-15(20(26)27-4)10-16(9-12)28-25-21-23-17(11-18(22)24-21)19-13(2)6-5-7-14(19)3/h5-11H,1-4H3,(H,23,24,25). The van der Waals surface area contributed by atoms with Crippen LogP contribution in [0.5, 0.6) is 0 Å². The van der Waals surface area contributed by atoms with E-state index < -0.39 is 0 Å². The van der Waals surface area contributed by atoms with E-state index in [0.717, 1.165) is 32.8 Å². The van der Waals surface area contributed by atoms with E-state index in [2.05, 4.69) is 14.7 Å². The summed E-state index contributed by atoms with van der Waals surface area (Å²) < 4.78 is 7.92. The third-order valence-electron chi connectivity index (χ3n) is 4.16. The van der Waals surface area contributed by atoms with Gasteiger partial charge in [0.25, 0.3) is 0 Å². The summed E-state index contributed by atoms with van der Waals surface area (Å²) in [5.74, 6) is 0.0261. The van der Waals surface area contributed by atoms with Crippen LogP contribution >= 0.6 is 23.5 Å². The molecule has 7 heteroatoms. The lowest BCUT2D eigenvalue weighted by Crippen LogP contribution is -2.02. The Morgan fingerprint density at radius 1 is 1.07 bits per heavy atom. The number of carbonyl (C=O) groups is 1. The van der Waals surface area contributed by atoms with Gasteiger partial charge in [0.1, 0.15) is 5.15 Å². The van der Waals surface area contributed by atoms with Crippen LogP contribution in [-0.2, 0) is 4.74 Å². The van der Waals surface area contributed by atoms with E-state index in [1.54, 1.807) is 18.2 Å². The number of nitrogens with zero attached hydrogens (tertiary/aromatic N) is 2. The highest BCUT2D eigenvalue weighted by molar-refractivity contribution is 8.00. The summed E-state index contributed by atoms with van der Waals surface area (Å²) in [6.07, 6.45) is 0. The molecule has 0 aliphatic heterocycles. The van der Waals surface area contributed by atoms with Gasteiger partial charge in [-0.15, -0.1) is 0 Å². The van der Waals surface area contributed by atoms with Crippen LogP contribution < -0.4 is 4.72 Å². The molecule has 28 heavy (non-hydrogen) atoms. The second kappa shape index (κ2) is 8.63. The number of aromatic nitrogens is 2. The van der Waals surface area contributed by atoms with Crippen LogP contribution in [0.15, 0.2) is 47.4 Å². The molecule has 0 aliphatic rings. The molecule has 1 aromatic heterocycles. The molecule has 0 bridgehead atoms. The Morgan fingerprint density at radius 3 is 2.46 bits per heavy atom. The highest BCUT2D eigenvalue weighted by Gasteiger charge is 2.12. The van der Waals surface area contributed by atoms with Crippen LogP contribution in [-0.4, -0.2) is 23.0 Å². The van der Waals surface area contributed by atoms with Crippen molar-refractivity contribution < 1.29 is 9.53 Å². The van der Waals surface area contributed by atoms with Crippen molar-refractivity contribution in [2.75, 3.05) is 11.8 Å². The molecule has 1 N–H and O–H groups in total. The smallest absolute Gasteiger partial charge is 0.337 e. The van der Waals surface area contributed by atoms with E-state index in [9.17, 15) is 4.79 Å². The van der Waals surface area contributed by atoms with Gasteiger partial charge in [-0.05, 0) is 67.6 Å². The maximum absolute atomic E-state index is 11.8. The molecule has 0 amide bonds. The zero-order valence-electron chi connectivity index (χ0n) is 16.0. The molecule has 0 unspecified atom stereocenters. The van der Waals surface area contributed by atoms with E-state index in [4.69, 9.17) is 16.3 Å². The summed E-state index contributed by atoms with van der Waals surface area (Å²) in [5, 5.41) is 0.357. The van der Waals surface area contributed by atoms with Crippen LogP contribution in [0.2, 0.25) is 5.15 Å². The number of hydrogen-bond acceptors (Lipinski definition) is 6. The highest BCUT2D eigenvalue weighted by Crippen LogP contribution is 2.29. The van der Waals surface area contributed by atoms with Crippen molar-refractivity contribution in [1.82, 2.24) is 9.97 Å². The van der Waals surface area contributed by atoms with Gasteiger partial charge in [-0.3, -0.25) is 4.72 Å². The number of methoxy groups -OCH3 is 1. The Morgan fingerprint density at radius 2 is 1.79 bits per heavy atom. The van der Waals surface area contributed by atoms with Gasteiger partial charge < -0.3 is 4.74 Å². The Kier molecular flexibility index (Phi) is 6.21. The second-order valence-corrected chi connectivity index (χ2v) is 7.66. The minimum Gasteiger partial charge on any atom is -0.465 e. The van der Waals surface area contributed by atoms with Crippen molar-refractivity contribution >= 4 is 35.5 Å². The van der Waals surface area contributed by atoms with E-state index in [1.807, 2.05) is 45.0 Å². The largest absolute Gasteiger partial charge is 0.465 e. The van der Waals surface area contributed by atoms with Crippen molar-refractivity contribution in [2.24, 2.45) is 0 Å². The van der Waals surface area contributed by atoms with Gasteiger partial charge in [0.05, 0.1) is 18.4 Å². The maximum atomic E-state index is 11.8. The summed E-state index contributed by atoms with van der Waals surface area (Å²) in [6.45, 7) is 6.01. The summed E-state index contributed by atoms with van der Waals surface area (Å²) in [4.78, 5) is 21.5. The fraction of sp³-hybridized carbons (Fsp3) is 0.190. The van der Waals surface area contributed by atoms with E-state index >= 15 is 0 Å². The van der Waals surface area contributed by atoms with Gasteiger partial charge in [-0.1, -0.05) is 29.8 Å².